The number of aryl methyl sites for hydroxylation is 1. The van der Waals surface area contributed by atoms with E-state index >= 15 is 0 Å². The van der Waals surface area contributed by atoms with Crippen LogP contribution in [0.15, 0.2) is 47.4 Å². The van der Waals surface area contributed by atoms with Gasteiger partial charge in [-0.15, -0.1) is 0 Å². The van der Waals surface area contributed by atoms with Gasteiger partial charge in [0.25, 0.3) is 0 Å². The molecule has 0 bridgehead atoms. The first-order chi connectivity index (χ1) is 10.6. The maximum Gasteiger partial charge on any atom is 0.339 e. The average Bonchev–Trinajstić information content (AvgIpc) is 2.48. The molecule has 0 saturated carbocycles. The molecule has 0 aliphatic heterocycles. The monoisotopic (exact) mass is 329 g/mol. The highest BCUT2D eigenvalue weighted by Gasteiger charge is 2.20. The number of hydrogen-bond acceptors (Lipinski definition) is 4. The van der Waals surface area contributed by atoms with Gasteiger partial charge in [-0.3, -0.25) is 0 Å². The highest BCUT2D eigenvalue weighted by molar-refractivity contribution is 7.87. The molecule has 0 spiro atoms. The summed E-state index contributed by atoms with van der Waals surface area (Å²) in [5.74, 6) is 0.292. The zero-order chi connectivity index (χ0) is 17.3. The fourth-order valence-electron chi connectivity index (χ4n) is 2.10. The van der Waals surface area contributed by atoms with Gasteiger partial charge in [0.1, 0.15) is 10.6 Å². The first-order valence-electron chi connectivity index (χ1n) is 7.19. The summed E-state index contributed by atoms with van der Waals surface area (Å²) >= 11 is 0. The van der Waals surface area contributed by atoms with E-state index in [0.717, 1.165) is 11.1 Å². The molecule has 0 aliphatic rings. The molecule has 120 valence electrons. The van der Waals surface area contributed by atoms with Gasteiger partial charge in [-0.05, 0) is 47.7 Å². The van der Waals surface area contributed by atoms with Gasteiger partial charge >= 0.3 is 10.1 Å². The van der Waals surface area contributed by atoms with E-state index in [-0.39, 0.29) is 15.9 Å². The summed E-state index contributed by atoms with van der Waals surface area (Å²) in [5, 5.41) is 8.88. The van der Waals surface area contributed by atoms with Crippen LogP contribution in [-0.2, 0) is 15.5 Å². The zero-order valence-corrected chi connectivity index (χ0v) is 14.4. The van der Waals surface area contributed by atoms with E-state index in [1.54, 1.807) is 12.1 Å². The molecular formula is C18H19NO3S. The molecule has 0 aromatic heterocycles. The van der Waals surface area contributed by atoms with Crippen molar-refractivity contribution in [2.75, 3.05) is 0 Å². The number of nitrogens with zero attached hydrogens (tertiary/aromatic N) is 1. The lowest BCUT2D eigenvalue weighted by atomic mass is 9.86. The van der Waals surface area contributed by atoms with Crippen LogP contribution >= 0.6 is 0 Å². The van der Waals surface area contributed by atoms with Gasteiger partial charge in [-0.1, -0.05) is 39.0 Å². The molecule has 0 amide bonds. The lowest BCUT2D eigenvalue weighted by molar-refractivity contribution is 0.483. The Bertz CT molecular complexity index is 872. The molecule has 23 heavy (non-hydrogen) atoms. The van der Waals surface area contributed by atoms with Crippen LogP contribution < -0.4 is 4.18 Å². The number of hydrogen-bond donors (Lipinski definition) is 0. The second kappa shape index (κ2) is 6.05. The molecule has 4 nitrogen and oxygen atoms in total. The Hall–Kier alpha value is -2.32. The molecule has 0 unspecified atom stereocenters. The smallest absolute Gasteiger partial charge is 0.339 e. The van der Waals surface area contributed by atoms with Crippen molar-refractivity contribution in [3.8, 4) is 11.8 Å². The molecule has 0 fully saturated rings. The molecule has 2 rings (SSSR count). The molecule has 5 heteroatoms. The van der Waals surface area contributed by atoms with Crippen LogP contribution in [0.2, 0.25) is 0 Å². The Morgan fingerprint density at radius 3 is 2.35 bits per heavy atom. The maximum absolute atomic E-state index is 12.4. The standard InChI is InChI=1S/C18H19NO3S/c1-13-10-15(18(2,3)4)8-9-17(13)22-23(20,21)16-7-5-6-14(11-16)12-19/h5-11H,1-4H3. The minimum atomic E-state index is -3.97. The van der Waals surface area contributed by atoms with Crippen molar-refractivity contribution < 1.29 is 12.6 Å². The summed E-state index contributed by atoms with van der Waals surface area (Å²) in [6.45, 7) is 8.08. The molecule has 0 saturated heterocycles. The van der Waals surface area contributed by atoms with Gasteiger partial charge in [0.15, 0.2) is 0 Å². The van der Waals surface area contributed by atoms with E-state index in [4.69, 9.17) is 9.44 Å². The minimum absolute atomic E-state index is 0.0245. The van der Waals surface area contributed by atoms with Gasteiger partial charge in [-0.25, -0.2) is 0 Å². The van der Waals surface area contributed by atoms with Gasteiger partial charge < -0.3 is 4.18 Å². The third-order valence-electron chi connectivity index (χ3n) is 3.49. The topological polar surface area (TPSA) is 67.2 Å². The Balaban J connectivity index is 2.36. The van der Waals surface area contributed by atoms with Crippen molar-refractivity contribution in [1.29, 1.82) is 5.26 Å². The Labute approximate surface area is 137 Å². The third-order valence-corrected chi connectivity index (χ3v) is 4.72. The fraction of sp³-hybridized carbons (Fsp3) is 0.278. The largest absolute Gasteiger partial charge is 0.379 e. The molecule has 0 aliphatic carbocycles. The highest BCUT2D eigenvalue weighted by atomic mass is 32.2. The van der Waals surface area contributed by atoms with Crippen LogP contribution in [-0.4, -0.2) is 8.42 Å². The first-order valence-corrected chi connectivity index (χ1v) is 8.60. The average molecular weight is 329 g/mol. The van der Waals surface area contributed by atoms with Crippen molar-refractivity contribution in [2.24, 2.45) is 0 Å². The molecule has 0 radical (unpaired) electrons. The number of nitriles is 1. The number of rotatable bonds is 3. The van der Waals surface area contributed by atoms with E-state index in [9.17, 15) is 8.42 Å². The lowest BCUT2D eigenvalue weighted by Crippen LogP contribution is -2.13. The van der Waals surface area contributed by atoms with Crippen molar-refractivity contribution in [1.82, 2.24) is 0 Å². The normalized spacial score (nSPS) is 11.8. The summed E-state index contributed by atoms with van der Waals surface area (Å²) in [6, 6.07) is 13.2. The summed E-state index contributed by atoms with van der Waals surface area (Å²) in [6.07, 6.45) is 0. The summed E-state index contributed by atoms with van der Waals surface area (Å²) in [4.78, 5) is -0.0316. The fourth-order valence-corrected chi connectivity index (χ4v) is 3.13. The first kappa shape index (κ1) is 17.0. The summed E-state index contributed by atoms with van der Waals surface area (Å²) in [7, 11) is -3.97. The van der Waals surface area contributed by atoms with Gasteiger partial charge in [0.2, 0.25) is 0 Å². The molecule has 2 aromatic rings. The maximum atomic E-state index is 12.4. The number of benzene rings is 2. The highest BCUT2D eigenvalue weighted by Crippen LogP contribution is 2.29. The molecule has 0 heterocycles. The quantitative estimate of drug-likeness (QED) is 0.800. The van der Waals surface area contributed by atoms with Crippen molar-refractivity contribution >= 4 is 10.1 Å². The molecule has 0 atom stereocenters. The molecular weight excluding hydrogens is 310 g/mol. The van der Waals surface area contributed by atoms with E-state index < -0.39 is 10.1 Å². The SMILES string of the molecule is Cc1cc(C(C)(C)C)ccc1OS(=O)(=O)c1cccc(C#N)c1. The zero-order valence-electron chi connectivity index (χ0n) is 13.6. The predicted octanol–water partition coefficient (Wildman–Crippen LogP) is 3.93. The Morgan fingerprint density at radius 2 is 1.78 bits per heavy atom. The molecule has 0 N–H and O–H groups in total. The van der Waals surface area contributed by atoms with Gasteiger partial charge in [0, 0.05) is 0 Å². The van der Waals surface area contributed by atoms with Gasteiger partial charge in [-0.2, -0.15) is 13.7 Å². The van der Waals surface area contributed by atoms with E-state index in [2.05, 4.69) is 20.8 Å². The van der Waals surface area contributed by atoms with E-state index in [1.165, 1.54) is 18.2 Å². The Morgan fingerprint density at radius 1 is 1.09 bits per heavy atom. The molecule has 2 aromatic carbocycles. The van der Waals surface area contributed by atoms with Crippen LogP contribution in [0.1, 0.15) is 37.5 Å². The predicted molar refractivity (Wildman–Crippen MR) is 88.8 cm³/mol. The van der Waals surface area contributed by atoms with Crippen LogP contribution in [0.3, 0.4) is 0 Å². The van der Waals surface area contributed by atoms with Crippen LogP contribution in [0.5, 0.6) is 5.75 Å². The summed E-state index contributed by atoms with van der Waals surface area (Å²) < 4.78 is 30.0. The summed E-state index contributed by atoms with van der Waals surface area (Å²) in [5.41, 5.74) is 2.10. The second-order valence-corrected chi connectivity index (χ2v) is 7.95. The van der Waals surface area contributed by atoms with Crippen molar-refractivity contribution in [3.05, 3.63) is 59.2 Å². The van der Waals surface area contributed by atoms with Crippen molar-refractivity contribution in [2.45, 2.75) is 38.0 Å². The van der Waals surface area contributed by atoms with Crippen LogP contribution in [0.4, 0.5) is 0 Å². The van der Waals surface area contributed by atoms with Crippen molar-refractivity contribution in [3.63, 3.8) is 0 Å². The lowest BCUT2D eigenvalue weighted by Gasteiger charge is -2.20. The van der Waals surface area contributed by atoms with E-state index in [0.29, 0.717) is 5.75 Å². The Kier molecular flexibility index (Phi) is 4.49. The second-order valence-electron chi connectivity index (χ2n) is 6.41. The van der Waals surface area contributed by atoms with Gasteiger partial charge in [0.05, 0.1) is 11.6 Å². The van der Waals surface area contributed by atoms with Crippen LogP contribution in [0.25, 0.3) is 0 Å². The minimum Gasteiger partial charge on any atom is -0.379 e. The third kappa shape index (κ3) is 3.91. The van der Waals surface area contributed by atoms with Crippen LogP contribution in [0, 0.1) is 18.3 Å². The van der Waals surface area contributed by atoms with E-state index in [1.807, 2.05) is 25.1 Å².